The highest BCUT2D eigenvalue weighted by Gasteiger charge is 2.45. The summed E-state index contributed by atoms with van der Waals surface area (Å²) in [7, 11) is 0. The lowest BCUT2D eigenvalue weighted by Gasteiger charge is -2.17. The van der Waals surface area contributed by atoms with Crippen molar-refractivity contribution < 1.29 is 9.90 Å². The average molecular weight is 285 g/mol. The van der Waals surface area contributed by atoms with Crippen molar-refractivity contribution in [2.24, 2.45) is 11.8 Å². The second-order valence-corrected chi connectivity index (χ2v) is 5.76. The molecule has 0 bridgehead atoms. The molecular formula is C14H15N5O2. The molecule has 2 aliphatic rings. The van der Waals surface area contributed by atoms with Gasteiger partial charge in [-0.05, 0) is 24.3 Å². The van der Waals surface area contributed by atoms with Crippen LogP contribution in [0.1, 0.15) is 22.5 Å². The van der Waals surface area contributed by atoms with Crippen molar-refractivity contribution in [1.82, 2.24) is 19.7 Å². The van der Waals surface area contributed by atoms with Gasteiger partial charge >= 0.3 is 5.97 Å². The molecule has 4 rings (SSSR count). The Morgan fingerprint density at radius 1 is 1.29 bits per heavy atom. The Hall–Kier alpha value is -2.44. The highest BCUT2D eigenvalue weighted by atomic mass is 16.4. The molecule has 0 spiro atoms. The predicted octanol–water partition coefficient (Wildman–Crippen LogP) is 0.876. The lowest BCUT2D eigenvalue weighted by atomic mass is 10.3. The smallest absolute Gasteiger partial charge is 0.356 e. The number of fused-ring (bicyclic) bond motifs is 1. The topological polar surface area (TPSA) is 84.1 Å². The molecular weight excluding hydrogens is 270 g/mol. The van der Waals surface area contributed by atoms with Gasteiger partial charge in [0.2, 0.25) is 5.95 Å². The summed E-state index contributed by atoms with van der Waals surface area (Å²) >= 11 is 0. The third-order valence-corrected chi connectivity index (χ3v) is 4.16. The van der Waals surface area contributed by atoms with Crippen LogP contribution in [0, 0.1) is 11.8 Å². The molecule has 1 saturated heterocycles. The second kappa shape index (κ2) is 4.54. The Morgan fingerprint density at radius 3 is 2.62 bits per heavy atom. The van der Waals surface area contributed by atoms with Gasteiger partial charge in [0.05, 0.1) is 6.54 Å². The number of carboxylic acids is 1. The van der Waals surface area contributed by atoms with Crippen LogP contribution in [-0.2, 0) is 6.54 Å². The molecule has 0 aromatic carbocycles. The summed E-state index contributed by atoms with van der Waals surface area (Å²) in [5, 5.41) is 12.8. The van der Waals surface area contributed by atoms with E-state index >= 15 is 0 Å². The number of carboxylic acid groups (broad SMARTS) is 1. The molecule has 3 heterocycles. The number of nitrogens with zero attached hydrogens (tertiary/aromatic N) is 5. The summed E-state index contributed by atoms with van der Waals surface area (Å²) in [6.45, 7) is 2.62. The molecule has 2 aromatic rings. The van der Waals surface area contributed by atoms with E-state index in [9.17, 15) is 4.79 Å². The highest BCUT2D eigenvalue weighted by Crippen LogP contribution is 2.45. The van der Waals surface area contributed by atoms with E-state index in [1.807, 2.05) is 0 Å². The van der Waals surface area contributed by atoms with Crippen LogP contribution < -0.4 is 4.90 Å². The second-order valence-electron chi connectivity index (χ2n) is 5.76. The van der Waals surface area contributed by atoms with Crippen LogP contribution in [0.5, 0.6) is 0 Å². The number of anilines is 1. The average Bonchev–Trinajstić information content (AvgIpc) is 2.90. The van der Waals surface area contributed by atoms with Gasteiger partial charge in [-0.2, -0.15) is 5.10 Å². The molecule has 2 fully saturated rings. The standard InChI is InChI=1S/C14H15N5O2/c20-13(21)12-1-2-19(17-12)6-9-4-15-14(16-5-9)18-7-10-3-11(10)8-18/h1-2,4-5,10-11H,3,6-8H2,(H,20,21). The van der Waals surface area contributed by atoms with E-state index in [0.717, 1.165) is 36.4 Å². The number of carbonyl (C=O) groups is 1. The minimum absolute atomic E-state index is 0.0452. The van der Waals surface area contributed by atoms with E-state index in [2.05, 4.69) is 20.0 Å². The zero-order valence-corrected chi connectivity index (χ0v) is 11.4. The van der Waals surface area contributed by atoms with Gasteiger partial charge in [-0.25, -0.2) is 14.8 Å². The number of piperidine rings is 1. The van der Waals surface area contributed by atoms with Crippen LogP contribution in [0.2, 0.25) is 0 Å². The van der Waals surface area contributed by atoms with Crippen LogP contribution in [0.4, 0.5) is 5.95 Å². The molecule has 21 heavy (non-hydrogen) atoms. The van der Waals surface area contributed by atoms with E-state index in [-0.39, 0.29) is 5.69 Å². The number of aromatic nitrogens is 4. The molecule has 1 aliphatic heterocycles. The molecule has 1 N–H and O–H groups in total. The van der Waals surface area contributed by atoms with Crippen LogP contribution in [0.25, 0.3) is 0 Å². The van der Waals surface area contributed by atoms with E-state index in [1.54, 1.807) is 23.3 Å². The van der Waals surface area contributed by atoms with Crippen molar-refractivity contribution >= 4 is 11.9 Å². The highest BCUT2D eigenvalue weighted by molar-refractivity contribution is 5.85. The normalized spacial score (nSPS) is 23.1. The van der Waals surface area contributed by atoms with Gasteiger partial charge in [0.1, 0.15) is 0 Å². The first-order valence-corrected chi connectivity index (χ1v) is 7.01. The Bertz CT molecular complexity index is 671. The largest absolute Gasteiger partial charge is 0.476 e. The predicted molar refractivity (Wildman–Crippen MR) is 74.1 cm³/mol. The lowest BCUT2D eigenvalue weighted by Crippen LogP contribution is -2.24. The Balaban J connectivity index is 1.44. The van der Waals surface area contributed by atoms with Crippen molar-refractivity contribution in [2.75, 3.05) is 18.0 Å². The number of hydrogen-bond donors (Lipinski definition) is 1. The van der Waals surface area contributed by atoms with Crippen LogP contribution in [0.3, 0.4) is 0 Å². The Kier molecular flexibility index (Phi) is 2.66. The molecule has 1 aliphatic carbocycles. The maximum absolute atomic E-state index is 10.8. The van der Waals surface area contributed by atoms with E-state index in [4.69, 9.17) is 5.11 Å². The maximum Gasteiger partial charge on any atom is 0.356 e. The van der Waals surface area contributed by atoms with Crippen LogP contribution >= 0.6 is 0 Å². The van der Waals surface area contributed by atoms with Gasteiger partial charge < -0.3 is 10.0 Å². The van der Waals surface area contributed by atoms with Gasteiger partial charge in [-0.3, -0.25) is 4.68 Å². The quantitative estimate of drug-likeness (QED) is 0.897. The lowest BCUT2D eigenvalue weighted by molar-refractivity contribution is 0.0689. The zero-order chi connectivity index (χ0) is 14.4. The molecule has 0 radical (unpaired) electrons. The number of aromatic carboxylic acids is 1. The molecule has 0 amide bonds. The van der Waals surface area contributed by atoms with Crippen LogP contribution in [0.15, 0.2) is 24.7 Å². The summed E-state index contributed by atoms with van der Waals surface area (Å²) in [5.41, 5.74) is 0.951. The summed E-state index contributed by atoms with van der Waals surface area (Å²) in [5.74, 6) is 1.48. The first-order valence-electron chi connectivity index (χ1n) is 7.01. The summed E-state index contributed by atoms with van der Waals surface area (Å²) < 4.78 is 1.58. The summed E-state index contributed by atoms with van der Waals surface area (Å²) in [4.78, 5) is 21.8. The van der Waals surface area contributed by atoms with E-state index < -0.39 is 5.97 Å². The van der Waals surface area contributed by atoms with Crippen molar-refractivity contribution in [3.63, 3.8) is 0 Å². The first kappa shape index (κ1) is 12.3. The van der Waals surface area contributed by atoms with Crippen molar-refractivity contribution in [3.8, 4) is 0 Å². The molecule has 1 saturated carbocycles. The fourth-order valence-electron chi connectivity index (χ4n) is 2.91. The minimum atomic E-state index is -1.02. The molecule has 7 nitrogen and oxygen atoms in total. The SMILES string of the molecule is O=C(O)c1ccn(Cc2cnc(N3CC4CC4C3)nc2)n1. The van der Waals surface area contributed by atoms with Gasteiger partial charge in [0.25, 0.3) is 0 Å². The monoisotopic (exact) mass is 285 g/mol. The van der Waals surface area contributed by atoms with Crippen LogP contribution in [-0.4, -0.2) is 43.9 Å². The van der Waals surface area contributed by atoms with Gasteiger partial charge in [-0.15, -0.1) is 0 Å². The van der Waals surface area contributed by atoms with Gasteiger partial charge in [0.15, 0.2) is 5.69 Å². The molecule has 2 unspecified atom stereocenters. The Morgan fingerprint density at radius 2 is 2.00 bits per heavy atom. The fraction of sp³-hybridized carbons (Fsp3) is 0.429. The van der Waals surface area contributed by atoms with E-state index in [1.165, 1.54) is 12.5 Å². The van der Waals surface area contributed by atoms with Crippen molar-refractivity contribution in [2.45, 2.75) is 13.0 Å². The summed E-state index contributed by atoms with van der Waals surface area (Å²) in [6, 6.07) is 1.48. The van der Waals surface area contributed by atoms with Crippen molar-refractivity contribution in [3.05, 3.63) is 35.9 Å². The maximum atomic E-state index is 10.8. The third-order valence-electron chi connectivity index (χ3n) is 4.16. The first-order chi connectivity index (χ1) is 10.2. The third kappa shape index (κ3) is 2.35. The molecule has 2 aromatic heterocycles. The van der Waals surface area contributed by atoms with Gasteiger partial charge in [-0.1, -0.05) is 0 Å². The van der Waals surface area contributed by atoms with Crippen molar-refractivity contribution in [1.29, 1.82) is 0 Å². The number of hydrogen-bond acceptors (Lipinski definition) is 5. The minimum Gasteiger partial charge on any atom is -0.476 e. The molecule has 7 heteroatoms. The summed E-state index contributed by atoms with van der Waals surface area (Å²) in [6.07, 6.45) is 6.58. The zero-order valence-electron chi connectivity index (χ0n) is 11.4. The fourth-order valence-corrected chi connectivity index (χ4v) is 2.91. The molecule has 2 atom stereocenters. The Labute approximate surface area is 121 Å². The van der Waals surface area contributed by atoms with E-state index in [0.29, 0.717) is 6.54 Å². The van der Waals surface area contributed by atoms with Gasteiger partial charge in [0, 0.05) is 37.2 Å². The number of rotatable bonds is 4. The molecule has 108 valence electrons.